The van der Waals surface area contributed by atoms with Crippen LogP contribution in [0.15, 0.2) is 18.2 Å². The van der Waals surface area contributed by atoms with Crippen LogP contribution in [0.2, 0.25) is 0 Å². The fraction of sp³-hybridized carbons (Fsp3) is 0.125. The Hall–Kier alpha value is -1.38. The maximum absolute atomic E-state index is 10.8. The first-order valence-corrected chi connectivity index (χ1v) is 6.07. The zero-order chi connectivity index (χ0) is 12.3. The molecule has 0 bridgehead atoms. The van der Waals surface area contributed by atoms with E-state index in [4.69, 9.17) is 27.8 Å². The van der Waals surface area contributed by atoms with Crippen LogP contribution in [0.3, 0.4) is 0 Å². The summed E-state index contributed by atoms with van der Waals surface area (Å²) >= 11 is 4.78. The molecule has 1 aromatic carbocycles. The summed E-state index contributed by atoms with van der Waals surface area (Å²) in [7, 11) is -2.44. The van der Waals surface area contributed by atoms with Gasteiger partial charge in [-0.3, -0.25) is 4.72 Å². The number of hydrogen-bond acceptors (Lipinski definition) is 4. The second-order valence-electron chi connectivity index (χ2n) is 2.93. The molecule has 0 atom stereocenters. The number of anilines is 1. The van der Waals surface area contributed by atoms with E-state index in [1.165, 1.54) is 19.2 Å². The largest absolute Gasteiger partial charge is 0.495 e. The average Bonchev–Trinajstić information content (AvgIpc) is 2.15. The van der Waals surface area contributed by atoms with Gasteiger partial charge in [0, 0.05) is 5.56 Å². The van der Waals surface area contributed by atoms with E-state index in [2.05, 4.69) is 4.72 Å². The third kappa shape index (κ3) is 3.33. The van der Waals surface area contributed by atoms with Crippen LogP contribution in [0.25, 0.3) is 0 Å². The van der Waals surface area contributed by atoms with Crippen molar-refractivity contribution in [3.8, 4) is 5.75 Å². The van der Waals surface area contributed by atoms with Gasteiger partial charge in [0.2, 0.25) is 0 Å². The van der Waals surface area contributed by atoms with Crippen LogP contribution in [-0.2, 0) is 10.2 Å². The Morgan fingerprint density at radius 1 is 1.50 bits per heavy atom. The van der Waals surface area contributed by atoms with Crippen LogP contribution in [0, 0.1) is 0 Å². The lowest BCUT2D eigenvalue weighted by atomic mass is 10.2. The van der Waals surface area contributed by atoms with Crippen molar-refractivity contribution in [2.75, 3.05) is 11.8 Å². The first-order chi connectivity index (χ1) is 7.33. The highest BCUT2D eigenvalue weighted by Crippen LogP contribution is 2.25. The average molecular weight is 261 g/mol. The summed E-state index contributed by atoms with van der Waals surface area (Å²) in [5.41, 5.74) is 6.23. The van der Waals surface area contributed by atoms with Crippen molar-refractivity contribution >= 4 is 33.1 Å². The molecule has 0 amide bonds. The predicted molar refractivity (Wildman–Crippen MR) is 65.6 cm³/mol. The number of ether oxygens (including phenoxy) is 1. The number of hydrogen-bond donors (Lipinski definition) is 3. The highest BCUT2D eigenvalue weighted by Gasteiger charge is 2.09. The summed E-state index contributed by atoms with van der Waals surface area (Å²) < 4.78 is 28.8. The van der Waals surface area contributed by atoms with E-state index >= 15 is 0 Å². The van der Waals surface area contributed by atoms with Gasteiger partial charge in [-0.25, -0.2) is 5.14 Å². The molecule has 0 heterocycles. The van der Waals surface area contributed by atoms with Gasteiger partial charge in [-0.15, -0.1) is 0 Å². The van der Waals surface area contributed by atoms with Gasteiger partial charge >= 0.3 is 0 Å². The van der Waals surface area contributed by atoms with E-state index in [0.29, 0.717) is 11.3 Å². The Morgan fingerprint density at radius 3 is 2.56 bits per heavy atom. The molecule has 0 fully saturated rings. The maximum atomic E-state index is 10.8. The first-order valence-electron chi connectivity index (χ1n) is 4.12. The molecule has 0 aliphatic carbocycles. The molecule has 0 aliphatic rings. The molecule has 0 radical (unpaired) electrons. The second-order valence-corrected chi connectivity index (χ2v) is 4.66. The van der Waals surface area contributed by atoms with Gasteiger partial charge in [0.1, 0.15) is 10.7 Å². The summed E-state index contributed by atoms with van der Waals surface area (Å²) in [6.07, 6.45) is 0. The Kier molecular flexibility index (Phi) is 3.68. The lowest BCUT2D eigenvalue weighted by Crippen LogP contribution is -2.22. The minimum atomic E-state index is -3.84. The van der Waals surface area contributed by atoms with Crippen LogP contribution < -0.4 is 20.3 Å². The van der Waals surface area contributed by atoms with Crippen molar-refractivity contribution in [1.82, 2.24) is 0 Å². The molecular formula is C8H11N3O3S2. The summed E-state index contributed by atoms with van der Waals surface area (Å²) in [4.78, 5) is 0.195. The summed E-state index contributed by atoms with van der Waals surface area (Å²) in [5.74, 6) is 0.291. The molecule has 0 spiro atoms. The summed E-state index contributed by atoms with van der Waals surface area (Å²) in [5, 5.41) is 4.84. The van der Waals surface area contributed by atoms with Gasteiger partial charge in [0.15, 0.2) is 0 Å². The summed E-state index contributed by atoms with van der Waals surface area (Å²) in [6, 6.07) is 4.56. The molecule has 0 unspecified atom stereocenters. The summed E-state index contributed by atoms with van der Waals surface area (Å²) in [6.45, 7) is 0. The molecule has 1 aromatic rings. The number of nitrogens with two attached hydrogens (primary N) is 2. The molecule has 0 aliphatic heterocycles. The molecule has 5 N–H and O–H groups in total. The van der Waals surface area contributed by atoms with Gasteiger partial charge in [0.05, 0.1) is 12.8 Å². The zero-order valence-corrected chi connectivity index (χ0v) is 10.1. The first kappa shape index (κ1) is 12.7. The van der Waals surface area contributed by atoms with Crippen LogP contribution in [0.4, 0.5) is 5.69 Å². The van der Waals surface area contributed by atoms with Gasteiger partial charge in [0.25, 0.3) is 10.2 Å². The van der Waals surface area contributed by atoms with E-state index in [0.717, 1.165) is 0 Å². The molecule has 0 saturated carbocycles. The zero-order valence-electron chi connectivity index (χ0n) is 8.43. The Labute approximate surface area is 98.8 Å². The topological polar surface area (TPSA) is 107 Å². The second kappa shape index (κ2) is 4.64. The predicted octanol–water partition coefficient (Wildman–Crippen LogP) is -0.0552. The minimum absolute atomic E-state index is 0.195. The van der Waals surface area contributed by atoms with Crippen LogP contribution in [0.1, 0.15) is 5.56 Å². The quantitative estimate of drug-likeness (QED) is 0.658. The lowest BCUT2D eigenvalue weighted by molar-refractivity contribution is 0.417. The molecule has 0 saturated heterocycles. The van der Waals surface area contributed by atoms with E-state index < -0.39 is 10.2 Å². The van der Waals surface area contributed by atoms with Gasteiger partial charge in [-0.1, -0.05) is 12.2 Å². The monoisotopic (exact) mass is 261 g/mol. The normalized spacial score (nSPS) is 10.9. The molecule has 8 heteroatoms. The Bertz CT molecular complexity index is 513. The molecule has 1 rings (SSSR count). The lowest BCUT2D eigenvalue weighted by Gasteiger charge is -2.10. The van der Waals surface area contributed by atoms with Gasteiger partial charge < -0.3 is 10.5 Å². The van der Waals surface area contributed by atoms with Crippen molar-refractivity contribution in [2.24, 2.45) is 10.9 Å². The highest BCUT2D eigenvalue weighted by molar-refractivity contribution is 7.90. The third-order valence-electron chi connectivity index (χ3n) is 1.74. The standard InChI is InChI=1S/C8H11N3O3S2/c1-14-7-4-5(8(9)15)2-3-6(7)11-16(10,12)13/h2-4,11H,1H3,(H2,9,15)(H2,10,12,13). The number of methoxy groups -OCH3 is 1. The fourth-order valence-electron chi connectivity index (χ4n) is 1.08. The molecular weight excluding hydrogens is 250 g/mol. The Balaban J connectivity index is 3.17. The van der Waals surface area contributed by atoms with Crippen LogP contribution in [-0.4, -0.2) is 20.5 Å². The van der Waals surface area contributed by atoms with Crippen LogP contribution in [0.5, 0.6) is 5.75 Å². The van der Waals surface area contributed by atoms with Crippen molar-refractivity contribution in [1.29, 1.82) is 0 Å². The van der Waals surface area contributed by atoms with Crippen LogP contribution >= 0.6 is 12.2 Å². The van der Waals surface area contributed by atoms with E-state index in [9.17, 15) is 8.42 Å². The minimum Gasteiger partial charge on any atom is -0.495 e. The van der Waals surface area contributed by atoms with E-state index in [1.54, 1.807) is 6.07 Å². The smallest absolute Gasteiger partial charge is 0.296 e. The molecule has 6 nitrogen and oxygen atoms in total. The number of benzene rings is 1. The van der Waals surface area contributed by atoms with Gasteiger partial charge in [-0.2, -0.15) is 8.42 Å². The van der Waals surface area contributed by atoms with Crippen molar-refractivity contribution in [3.05, 3.63) is 23.8 Å². The van der Waals surface area contributed by atoms with Crippen molar-refractivity contribution in [3.63, 3.8) is 0 Å². The molecule has 16 heavy (non-hydrogen) atoms. The van der Waals surface area contributed by atoms with Crippen molar-refractivity contribution in [2.45, 2.75) is 0 Å². The fourth-order valence-corrected chi connectivity index (χ4v) is 1.68. The molecule has 88 valence electrons. The van der Waals surface area contributed by atoms with E-state index in [-0.39, 0.29) is 10.7 Å². The maximum Gasteiger partial charge on any atom is 0.296 e. The van der Waals surface area contributed by atoms with Crippen molar-refractivity contribution < 1.29 is 13.2 Å². The Morgan fingerprint density at radius 2 is 2.12 bits per heavy atom. The molecule has 0 aromatic heterocycles. The third-order valence-corrected chi connectivity index (χ3v) is 2.48. The SMILES string of the molecule is COc1cc(C(N)=S)ccc1NS(N)(=O)=O. The number of nitrogens with one attached hydrogen (secondary N) is 1. The highest BCUT2D eigenvalue weighted by atomic mass is 32.2. The van der Waals surface area contributed by atoms with E-state index in [1.807, 2.05) is 0 Å². The number of rotatable bonds is 4. The number of thiocarbonyl (C=S) groups is 1. The van der Waals surface area contributed by atoms with Gasteiger partial charge in [-0.05, 0) is 18.2 Å².